The molecule has 0 aliphatic carbocycles. The van der Waals surface area contributed by atoms with Gasteiger partial charge in [0.05, 0.1) is 0 Å². The Morgan fingerprint density at radius 3 is 2.39 bits per heavy atom. The zero-order valence-corrected chi connectivity index (χ0v) is 12.7. The monoisotopic (exact) mass is 306 g/mol. The molecule has 1 atom stereocenters. The minimum absolute atomic E-state index is 0.116. The predicted octanol–water partition coefficient (Wildman–Crippen LogP) is 2.58. The van der Waals surface area contributed by atoms with E-state index in [1.807, 2.05) is 37.3 Å². The predicted molar refractivity (Wildman–Crippen MR) is 86.2 cm³/mol. The molecular weight excluding hydrogens is 290 g/mol. The standard InChI is InChI=1S/C19H17NO3/c1-12-18(14-9-5-6-10-16(14)20-12)15(19(22)23)11-17(21)13-7-3-2-4-8-13/h2-10,15,20H,11H2,1H3,(H,22,23)/p-1/t15-/m1/s1. The van der Waals surface area contributed by atoms with Gasteiger partial charge in [0.25, 0.3) is 0 Å². The van der Waals surface area contributed by atoms with E-state index in [-0.39, 0.29) is 12.2 Å². The summed E-state index contributed by atoms with van der Waals surface area (Å²) in [5.41, 5.74) is 2.75. The number of hydrogen-bond donors (Lipinski definition) is 1. The third kappa shape index (κ3) is 2.88. The lowest BCUT2D eigenvalue weighted by Gasteiger charge is -2.18. The van der Waals surface area contributed by atoms with Crippen molar-refractivity contribution in [2.75, 3.05) is 0 Å². The molecule has 0 aliphatic heterocycles. The molecule has 1 heterocycles. The summed E-state index contributed by atoms with van der Waals surface area (Å²) in [6.07, 6.45) is -0.116. The fraction of sp³-hybridized carbons (Fsp3) is 0.158. The highest BCUT2D eigenvalue weighted by Crippen LogP contribution is 2.31. The van der Waals surface area contributed by atoms with Gasteiger partial charge in [-0.05, 0) is 18.6 Å². The van der Waals surface area contributed by atoms with Gasteiger partial charge in [-0.2, -0.15) is 0 Å². The smallest absolute Gasteiger partial charge is 0.163 e. The largest absolute Gasteiger partial charge is 0.549 e. The van der Waals surface area contributed by atoms with Crippen LogP contribution in [0.3, 0.4) is 0 Å². The van der Waals surface area contributed by atoms with Gasteiger partial charge in [-0.1, -0.05) is 48.5 Å². The summed E-state index contributed by atoms with van der Waals surface area (Å²) in [6.45, 7) is 1.82. The molecule has 0 amide bonds. The van der Waals surface area contributed by atoms with E-state index in [0.29, 0.717) is 11.1 Å². The first-order valence-electron chi connectivity index (χ1n) is 7.44. The zero-order chi connectivity index (χ0) is 16.4. The summed E-state index contributed by atoms with van der Waals surface area (Å²) in [5.74, 6) is -2.41. The maximum absolute atomic E-state index is 12.4. The molecule has 0 saturated carbocycles. The molecule has 0 saturated heterocycles. The molecule has 0 spiro atoms. The highest BCUT2D eigenvalue weighted by atomic mass is 16.4. The van der Waals surface area contributed by atoms with Gasteiger partial charge in [0.2, 0.25) is 0 Å². The lowest BCUT2D eigenvalue weighted by Crippen LogP contribution is -2.31. The number of carbonyl (C=O) groups excluding carboxylic acids is 2. The summed E-state index contributed by atoms with van der Waals surface area (Å²) in [5, 5.41) is 12.5. The van der Waals surface area contributed by atoms with Gasteiger partial charge in [-0.3, -0.25) is 4.79 Å². The quantitative estimate of drug-likeness (QED) is 0.736. The van der Waals surface area contributed by atoms with Crippen LogP contribution in [0.4, 0.5) is 0 Å². The Labute approximate surface area is 133 Å². The second-order valence-corrected chi connectivity index (χ2v) is 5.57. The molecule has 0 unspecified atom stereocenters. The SMILES string of the molecule is Cc1[nH]c2ccccc2c1[C@@H](CC(=O)c1ccccc1)C(=O)[O-]. The Morgan fingerprint density at radius 2 is 1.70 bits per heavy atom. The van der Waals surface area contributed by atoms with Crippen molar-refractivity contribution in [3.05, 3.63) is 71.4 Å². The average Bonchev–Trinajstić information content (AvgIpc) is 2.88. The number of aryl methyl sites for hydroxylation is 1. The molecule has 2 aromatic carbocycles. The van der Waals surface area contributed by atoms with E-state index in [0.717, 1.165) is 16.6 Å². The average molecular weight is 306 g/mol. The van der Waals surface area contributed by atoms with E-state index in [4.69, 9.17) is 0 Å². The van der Waals surface area contributed by atoms with E-state index in [1.165, 1.54) is 0 Å². The second-order valence-electron chi connectivity index (χ2n) is 5.57. The molecule has 4 heteroatoms. The van der Waals surface area contributed by atoms with Crippen molar-refractivity contribution in [2.45, 2.75) is 19.3 Å². The summed E-state index contributed by atoms with van der Waals surface area (Å²) in [6, 6.07) is 16.2. The number of aromatic amines is 1. The second kappa shape index (κ2) is 6.08. The Morgan fingerprint density at radius 1 is 1.04 bits per heavy atom. The lowest BCUT2D eigenvalue weighted by atomic mass is 9.89. The molecule has 1 N–H and O–H groups in total. The number of benzene rings is 2. The number of aromatic nitrogens is 1. The van der Waals surface area contributed by atoms with Gasteiger partial charge in [0, 0.05) is 40.5 Å². The summed E-state index contributed by atoms with van der Waals surface area (Å²) < 4.78 is 0. The Kier molecular flexibility index (Phi) is 3.98. The summed E-state index contributed by atoms with van der Waals surface area (Å²) in [7, 11) is 0. The number of para-hydroxylation sites is 1. The molecule has 4 nitrogen and oxygen atoms in total. The van der Waals surface area contributed by atoms with Gasteiger partial charge in [-0.25, -0.2) is 0 Å². The van der Waals surface area contributed by atoms with Crippen molar-refractivity contribution in [2.24, 2.45) is 0 Å². The van der Waals surface area contributed by atoms with Crippen molar-refractivity contribution >= 4 is 22.7 Å². The number of rotatable bonds is 5. The highest BCUT2D eigenvalue weighted by molar-refractivity contribution is 6.00. The first kappa shape index (κ1) is 15.0. The number of ketones is 1. The van der Waals surface area contributed by atoms with Crippen LogP contribution in [0.1, 0.15) is 34.0 Å². The van der Waals surface area contributed by atoms with Crippen molar-refractivity contribution in [3.63, 3.8) is 0 Å². The van der Waals surface area contributed by atoms with Crippen LogP contribution in [0.15, 0.2) is 54.6 Å². The van der Waals surface area contributed by atoms with Crippen LogP contribution in [0.5, 0.6) is 0 Å². The topological polar surface area (TPSA) is 73.0 Å². The molecule has 23 heavy (non-hydrogen) atoms. The van der Waals surface area contributed by atoms with Gasteiger partial charge in [0.15, 0.2) is 5.78 Å². The van der Waals surface area contributed by atoms with Crippen LogP contribution in [-0.4, -0.2) is 16.7 Å². The third-order valence-corrected chi connectivity index (χ3v) is 4.06. The Hall–Kier alpha value is -2.88. The zero-order valence-electron chi connectivity index (χ0n) is 12.7. The van der Waals surface area contributed by atoms with Crippen molar-refractivity contribution in [1.29, 1.82) is 0 Å². The van der Waals surface area contributed by atoms with Crippen LogP contribution in [0.25, 0.3) is 10.9 Å². The normalized spacial score (nSPS) is 12.2. The molecule has 0 aliphatic rings. The highest BCUT2D eigenvalue weighted by Gasteiger charge is 2.23. The van der Waals surface area contributed by atoms with E-state index >= 15 is 0 Å². The summed E-state index contributed by atoms with van der Waals surface area (Å²) in [4.78, 5) is 27.3. The number of Topliss-reactive ketones (excluding diaryl/α,β-unsaturated/α-hetero) is 1. The van der Waals surface area contributed by atoms with Gasteiger partial charge >= 0.3 is 0 Å². The number of H-pyrrole nitrogens is 1. The van der Waals surface area contributed by atoms with Gasteiger partial charge in [0.1, 0.15) is 0 Å². The molecule has 3 rings (SSSR count). The maximum Gasteiger partial charge on any atom is 0.163 e. The molecule has 3 aromatic rings. The number of carboxylic acids is 1. The van der Waals surface area contributed by atoms with E-state index in [2.05, 4.69) is 4.98 Å². The van der Waals surface area contributed by atoms with E-state index < -0.39 is 11.9 Å². The number of carboxylic acid groups (broad SMARTS) is 1. The van der Waals surface area contributed by atoms with Crippen LogP contribution >= 0.6 is 0 Å². The molecule has 0 radical (unpaired) electrons. The minimum Gasteiger partial charge on any atom is -0.549 e. The van der Waals surface area contributed by atoms with E-state index in [1.54, 1.807) is 24.3 Å². The van der Waals surface area contributed by atoms with Crippen LogP contribution in [-0.2, 0) is 4.79 Å². The van der Waals surface area contributed by atoms with Crippen molar-refractivity contribution in [1.82, 2.24) is 4.98 Å². The summed E-state index contributed by atoms with van der Waals surface area (Å²) >= 11 is 0. The first-order valence-corrected chi connectivity index (χ1v) is 7.44. The molecule has 116 valence electrons. The molecule has 1 aromatic heterocycles. The van der Waals surface area contributed by atoms with Crippen LogP contribution in [0, 0.1) is 6.92 Å². The number of carbonyl (C=O) groups is 2. The van der Waals surface area contributed by atoms with Crippen molar-refractivity contribution in [3.8, 4) is 0 Å². The number of aliphatic carboxylic acids is 1. The van der Waals surface area contributed by atoms with Gasteiger partial charge in [-0.15, -0.1) is 0 Å². The van der Waals surface area contributed by atoms with Crippen LogP contribution < -0.4 is 5.11 Å². The molecular formula is C19H16NO3-. The lowest BCUT2D eigenvalue weighted by molar-refractivity contribution is -0.307. The fourth-order valence-corrected chi connectivity index (χ4v) is 2.98. The van der Waals surface area contributed by atoms with Gasteiger partial charge < -0.3 is 14.9 Å². The van der Waals surface area contributed by atoms with E-state index in [9.17, 15) is 14.7 Å². The number of fused-ring (bicyclic) bond motifs is 1. The Balaban J connectivity index is 2.00. The number of nitrogens with one attached hydrogen (secondary N) is 1. The maximum atomic E-state index is 12.4. The minimum atomic E-state index is -1.23. The molecule has 0 bridgehead atoms. The number of hydrogen-bond acceptors (Lipinski definition) is 3. The Bertz CT molecular complexity index is 865. The van der Waals surface area contributed by atoms with Crippen LogP contribution in [0.2, 0.25) is 0 Å². The molecule has 0 fully saturated rings. The third-order valence-electron chi connectivity index (χ3n) is 4.06. The van der Waals surface area contributed by atoms with Crippen molar-refractivity contribution < 1.29 is 14.7 Å². The first-order chi connectivity index (χ1) is 11.1. The fourth-order valence-electron chi connectivity index (χ4n) is 2.98.